The maximum Gasteiger partial charge on any atom is 0.136 e. The summed E-state index contributed by atoms with van der Waals surface area (Å²) in [6.45, 7) is 1.88. The first-order valence-electron chi connectivity index (χ1n) is 8.06. The van der Waals surface area contributed by atoms with Crippen LogP contribution in [0.15, 0.2) is 72.9 Å². The van der Waals surface area contributed by atoms with Crippen LogP contribution in [-0.2, 0) is 0 Å². The second kappa shape index (κ2) is 6.57. The molecule has 0 aliphatic carbocycles. The molecule has 5 nitrogen and oxygen atoms in total. The first-order valence-corrected chi connectivity index (χ1v) is 8.06. The van der Waals surface area contributed by atoms with Crippen molar-refractivity contribution in [3.05, 3.63) is 78.8 Å². The first kappa shape index (κ1) is 15.1. The van der Waals surface area contributed by atoms with E-state index in [1.165, 1.54) is 0 Å². The van der Waals surface area contributed by atoms with E-state index in [-0.39, 0.29) is 0 Å². The second-order valence-corrected chi connectivity index (χ2v) is 5.68. The van der Waals surface area contributed by atoms with Crippen LogP contribution in [0.4, 0.5) is 23.0 Å². The van der Waals surface area contributed by atoms with E-state index in [1.807, 2.05) is 73.7 Å². The maximum absolute atomic E-state index is 4.49. The van der Waals surface area contributed by atoms with Crippen molar-refractivity contribution >= 4 is 33.9 Å². The molecule has 2 aromatic heterocycles. The Bertz CT molecular complexity index is 1010. The quantitative estimate of drug-likeness (QED) is 0.562. The lowest BCUT2D eigenvalue weighted by Gasteiger charge is -2.11. The lowest BCUT2D eigenvalue weighted by molar-refractivity contribution is 1.06. The zero-order valence-electron chi connectivity index (χ0n) is 13.8. The number of para-hydroxylation sites is 2. The number of aromatic nitrogens is 3. The fraction of sp³-hybridized carbons (Fsp3) is 0.0500. The smallest absolute Gasteiger partial charge is 0.136 e. The molecular formula is C20H17N5. The third-order valence-electron chi connectivity index (χ3n) is 3.78. The predicted molar refractivity (Wildman–Crippen MR) is 102 cm³/mol. The SMILES string of the molecule is Cc1nc(Nc2ccccc2)cc(Nc2cccc3cccnc23)n1. The van der Waals surface area contributed by atoms with Crippen molar-refractivity contribution in [1.82, 2.24) is 15.0 Å². The normalized spacial score (nSPS) is 10.6. The van der Waals surface area contributed by atoms with Gasteiger partial charge in [-0.25, -0.2) is 9.97 Å². The number of nitrogens with one attached hydrogen (secondary N) is 2. The van der Waals surface area contributed by atoms with Crippen molar-refractivity contribution in [2.45, 2.75) is 6.92 Å². The largest absolute Gasteiger partial charge is 0.340 e. The molecule has 0 bridgehead atoms. The van der Waals surface area contributed by atoms with Crippen molar-refractivity contribution in [3.63, 3.8) is 0 Å². The highest BCUT2D eigenvalue weighted by atomic mass is 15.1. The van der Waals surface area contributed by atoms with Gasteiger partial charge in [0.15, 0.2) is 0 Å². The molecule has 122 valence electrons. The molecule has 0 radical (unpaired) electrons. The number of benzene rings is 2. The molecule has 0 unspecified atom stereocenters. The Morgan fingerprint density at radius 1 is 0.760 bits per heavy atom. The average molecular weight is 327 g/mol. The zero-order chi connectivity index (χ0) is 17.1. The van der Waals surface area contributed by atoms with E-state index in [1.54, 1.807) is 6.20 Å². The van der Waals surface area contributed by atoms with Gasteiger partial charge in [-0.05, 0) is 31.2 Å². The van der Waals surface area contributed by atoms with Crippen LogP contribution in [0.1, 0.15) is 5.82 Å². The van der Waals surface area contributed by atoms with Crippen molar-refractivity contribution in [2.24, 2.45) is 0 Å². The second-order valence-electron chi connectivity index (χ2n) is 5.68. The van der Waals surface area contributed by atoms with Crippen LogP contribution in [-0.4, -0.2) is 15.0 Å². The predicted octanol–water partition coefficient (Wildman–Crippen LogP) is 4.82. The molecule has 4 rings (SSSR count). The fourth-order valence-electron chi connectivity index (χ4n) is 2.71. The summed E-state index contributed by atoms with van der Waals surface area (Å²) in [4.78, 5) is 13.4. The zero-order valence-corrected chi connectivity index (χ0v) is 13.8. The fourth-order valence-corrected chi connectivity index (χ4v) is 2.71. The van der Waals surface area contributed by atoms with Crippen LogP contribution < -0.4 is 10.6 Å². The van der Waals surface area contributed by atoms with E-state index in [4.69, 9.17) is 0 Å². The molecule has 25 heavy (non-hydrogen) atoms. The summed E-state index contributed by atoms with van der Waals surface area (Å²) in [5, 5.41) is 7.75. The summed E-state index contributed by atoms with van der Waals surface area (Å²) in [6.07, 6.45) is 1.79. The third kappa shape index (κ3) is 3.40. The summed E-state index contributed by atoms with van der Waals surface area (Å²) in [5.74, 6) is 2.16. The highest BCUT2D eigenvalue weighted by molar-refractivity contribution is 5.91. The number of nitrogens with zero attached hydrogens (tertiary/aromatic N) is 3. The molecule has 0 saturated carbocycles. The van der Waals surface area contributed by atoms with Crippen LogP contribution >= 0.6 is 0 Å². The molecule has 5 heteroatoms. The molecule has 0 atom stereocenters. The van der Waals surface area contributed by atoms with Crippen molar-refractivity contribution in [3.8, 4) is 0 Å². The average Bonchev–Trinajstić information content (AvgIpc) is 2.62. The standard InChI is InChI=1S/C20H17N5/c1-14-22-18(24-16-9-3-2-4-10-16)13-19(23-14)25-17-11-5-7-15-8-6-12-21-20(15)17/h2-13H,1H3,(H2,22,23,24,25). The Hall–Kier alpha value is -3.47. The van der Waals surface area contributed by atoms with Crippen LogP contribution in [0, 0.1) is 6.92 Å². The van der Waals surface area contributed by atoms with E-state index >= 15 is 0 Å². The Morgan fingerprint density at radius 3 is 2.36 bits per heavy atom. The molecule has 2 heterocycles. The monoisotopic (exact) mass is 327 g/mol. The molecule has 2 aromatic carbocycles. The van der Waals surface area contributed by atoms with Gasteiger partial charge < -0.3 is 10.6 Å². The van der Waals surface area contributed by atoms with Gasteiger partial charge in [-0.3, -0.25) is 4.98 Å². The minimum atomic E-state index is 0.691. The molecule has 2 N–H and O–H groups in total. The van der Waals surface area contributed by atoms with Gasteiger partial charge in [0.2, 0.25) is 0 Å². The number of aryl methyl sites for hydroxylation is 1. The van der Waals surface area contributed by atoms with Gasteiger partial charge in [0, 0.05) is 23.3 Å². The molecule has 0 aliphatic heterocycles. The molecule has 0 saturated heterocycles. The van der Waals surface area contributed by atoms with E-state index in [0.717, 1.165) is 33.9 Å². The van der Waals surface area contributed by atoms with Crippen LogP contribution in [0.2, 0.25) is 0 Å². The molecule has 0 fully saturated rings. The Labute approximate surface area is 145 Å². The van der Waals surface area contributed by atoms with E-state index < -0.39 is 0 Å². The van der Waals surface area contributed by atoms with E-state index in [0.29, 0.717) is 5.82 Å². The molecular weight excluding hydrogens is 310 g/mol. The molecule has 0 amide bonds. The summed E-state index contributed by atoms with van der Waals surface area (Å²) < 4.78 is 0. The van der Waals surface area contributed by atoms with Crippen molar-refractivity contribution in [2.75, 3.05) is 10.6 Å². The van der Waals surface area contributed by atoms with E-state index in [2.05, 4.69) is 25.6 Å². The highest BCUT2D eigenvalue weighted by Gasteiger charge is 2.06. The number of fused-ring (bicyclic) bond motifs is 1. The van der Waals surface area contributed by atoms with Gasteiger partial charge >= 0.3 is 0 Å². The maximum atomic E-state index is 4.49. The number of hydrogen-bond donors (Lipinski definition) is 2. The Morgan fingerprint density at radius 2 is 1.52 bits per heavy atom. The summed E-state index contributed by atoms with van der Waals surface area (Å²) in [6, 6.07) is 21.9. The molecule has 0 spiro atoms. The van der Waals surface area contributed by atoms with Gasteiger partial charge in [-0.2, -0.15) is 0 Å². The van der Waals surface area contributed by atoms with Gasteiger partial charge in [0.05, 0.1) is 11.2 Å². The number of pyridine rings is 1. The lowest BCUT2D eigenvalue weighted by atomic mass is 10.2. The lowest BCUT2D eigenvalue weighted by Crippen LogP contribution is -2.02. The summed E-state index contributed by atoms with van der Waals surface area (Å²) in [5.41, 5.74) is 2.82. The first-order chi connectivity index (χ1) is 12.3. The summed E-state index contributed by atoms with van der Waals surface area (Å²) >= 11 is 0. The number of rotatable bonds is 4. The van der Waals surface area contributed by atoms with Gasteiger partial charge in [-0.1, -0.05) is 36.4 Å². The Kier molecular flexibility index (Phi) is 3.96. The van der Waals surface area contributed by atoms with Gasteiger partial charge in [-0.15, -0.1) is 0 Å². The highest BCUT2D eigenvalue weighted by Crippen LogP contribution is 2.25. The Balaban J connectivity index is 1.66. The minimum absolute atomic E-state index is 0.691. The van der Waals surface area contributed by atoms with Crippen LogP contribution in [0.5, 0.6) is 0 Å². The summed E-state index contributed by atoms with van der Waals surface area (Å²) in [7, 11) is 0. The topological polar surface area (TPSA) is 62.7 Å². The minimum Gasteiger partial charge on any atom is -0.340 e. The molecule has 0 aliphatic rings. The van der Waals surface area contributed by atoms with Gasteiger partial charge in [0.1, 0.15) is 17.5 Å². The van der Waals surface area contributed by atoms with Gasteiger partial charge in [0.25, 0.3) is 0 Å². The number of hydrogen-bond acceptors (Lipinski definition) is 5. The van der Waals surface area contributed by atoms with E-state index in [9.17, 15) is 0 Å². The third-order valence-corrected chi connectivity index (χ3v) is 3.78. The van der Waals surface area contributed by atoms with Crippen LogP contribution in [0.25, 0.3) is 10.9 Å². The number of anilines is 4. The van der Waals surface area contributed by atoms with Crippen molar-refractivity contribution in [1.29, 1.82) is 0 Å². The molecule has 4 aromatic rings. The van der Waals surface area contributed by atoms with Crippen molar-refractivity contribution < 1.29 is 0 Å². The van der Waals surface area contributed by atoms with Crippen LogP contribution in [0.3, 0.4) is 0 Å².